The van der Waals surface area contributed by atoms with Crippen molar-refractivity contribution in [1.82, 2.24) is 9.97 Å². The number of benzene rings is 1. The SMILES string of the molecule is C=C(OCC)c1nc2c(OC)cccc2c(=O)[nH]1. The number of methoxy groups -OCH3 is 1. The standard InChI is InChI=1S/C13H14N2O3/c1-4-18-8(2)12-14-11-9(13(16)15-12)6-5-7-10(11)17-3/h5-7H,2,4H2,1,3H3,(H,14,15,16). The first-order valence-electron chi connectivity index (χ1n) is 5.56. The molecule has 0 saturated heterocycles. The van der Waals surface area contributed by atoms with Crippen molar-refractivity contribution in [2.24, 2.45) is 0 Å². The van der Waals surface area contributed by atoms with Crippen LogP contribution in [0.5, 0.6) is 5.75 Å². The number of rotatable bonds is 4. The number of H-pyrrole nitrogens is 1. The second-order valence-electron chi connectivity index (χ2n) is 3.63. The summed E-state index contributed by atoms with van der Waals surface area (Å²) in [5, 5.41) is 0.474. The van der Waals surface area contributed by atoms with Crippen LogP contribution in [0.3, 0.4) is 0 Å². The Balaban J connectivity index is 2.67. The van der Waals surface area contributed by atoms with Gasteiger partial charge in [0.05, 0.1) is 19.1 Å². The second kappa shape index (κ2) is 4.91. The highest BCUT2D eigenvalue weighted by Gasteiger charge is 2.10. The molecule has 94 valence electrons. The monoisotopic (exact) mass is 246 g/mol. The molecule has 1 N–H and O–H groups in total. The molecule has 1 aromatic carbocycles. The molecule has 0 aliphatic carbocycles. The Kier molecular flexibility index (Phi) is 3.32. The third-order valence-electron chi connectivity index (χ3n) is 2.50. The van der Waals surface area contributed by atoms with Crippen LogP contribution >= 0.6 is 0 Å². The number of aromatic nitrogens is 2. The molecule has 5 heteroatoms. The quantitative estimate of drug-likeness (QED) is 0.837. The largest absolute Gasteiger partial charge is 0.494 e. The molecule has 1 heterocycles. The molecule has 0 spiro atoms. The van der Waals surface area contributed by atoms with Crippen LogP contribution < -0.4 is 10.3 Å². The highest BCUT2D eigenvalue weighted by atomic mass is 16.5. The number of ether oxygens (including phenoxy) is 2. The summed E-state index contributed by atoms with van der Waals surface area (Å²) in [6.07, 6.45) is 0. The second-order valence-corrected chi connectivity index (χ2v) is 3.63. The van der Waals surface area contributed by atoms with Crippen molar-refractivity contribution in [2.45, 2.75) is 6.92 Å². The molecule has 0 amide bonds. The number of nitrogens with zero attached hydrogens (tertiary/aromatic N) is 1. The van der Waals surface area contributed by atoms with Crippen LogP contribution in [0.1, 0.15) is 12.7 Å². The average Bonchev–Trinajstić information content (AvgIpc) is 2.38. The van der Waals surface area contributed by atoms with Crippen LogP contribution in [0.2, 0.25) is 0 Å². The van der Waals surface area contributed by atoms with Gasteiger partial charge in [0.15, 0.2) is 11.6 Å². The Morgan fingerprint density at radius 1 is 1.50 bits per heavy atom. The average molecular weight is 246 g/mol. The van der Waals surface area contributed by atoms with Crippen LogP contribution in [0.15, 0.2) is 29.6 Å². The molecular weight excluding hydrogens is 232 g/mol. The van der Waals surface area contributed by atoms with Crippen LogP contribution in [0.4, 0.5) is 0 Å². The summed E-state index contributed by atoms with van der Waals surface area (Å²) in [6.45, 7) is 6.03. The molecule has 0 fully saturated rings. The molecule has 2 aromatic rings. The lowest BCUT2D eigenvalue weighted by atomic mass is 10.2. The minimum absolute atomic E-state index is 0.241. The zero-order valence-electron chi connectivity index (χ0n) is 10.3. The Labute approximate surface area is 104 Å². The van der Waals surface area contributed by atoms with Gasteiger partial charge in [-0.15, -0.1) is 0 Å². The summed E-state index contributed by atoms with van der Waals surface area (Å²) >= 11 is 0. The molecular formula is C13H14N2O3. The number of hydrogen-bond donors (Lipinski definition) is 1. The molecule has 1 aromatic heterocycles. The van der Waals surface area contributed by atoms with Gasteiger partial charge in [-0.25, -0.2) is 4.98 Å². The molecule has 0 unspecified atom stereocenters. The summed E-state index contributed by atoms with van der Waals surface area (Å²) in [6, 6.07) is 5.19. The van der Waals surface area contributed by atoms with Crippen molar-refractivity contribution in [3.63, 3.8) is 0 Å². The minimum atomic E-state index is -0.241. The fraction of sp³-hybridized carbons (Fsp3) is 0.231. The van der Waals surface area contributed by atoms with Crippen molar-refractivity contribution in [3.8, 4) is 5.75 Å². The Morgan fingerprint density at radius 2 is 2.28 bits per heavy atom. The highest BCUT2D eigenvalue weighted by molar-refractivity contribution is 5.84. The summed E-state index contributed by atoms with van der Waals surface area (Å²) in [5.74, 6) is 1.20. The Morgan fingerprint density at radius 3 is 2.94 bits per heavy atom. The Bertz CT molecular complexity index is 646. The molecule has 18 heavy (non-hydrogen) atoms. The maximum Gasteiger partial charge on any atom is 0.259 e. The lowest BCUT2D eigenvalue weighted by molar-refractivity contribution is 0.296. The highest BCUT2D eigenvalue weighted by Crippen LogP contribution is 2.21. The molecule has 5 nitrogen and oxygen atoms in total. The van der Waals surface area contributed by atoms with Crippen molar-refractivity contribution in [3.05, 3.63) is 41.0 Å². The van der Waals surface area contributed by atoms with Gasteiger partial charge in [-0.2, -0.15) is 0 Å². The van der Waals surface area contributed by atoms with Crippen LogP contribution in [0, 0.1) is 0 Å². The van der Waals surface area contributed by atoms with Crippen LogP contribution in [-0.4, -0.2) is 23.7 Å². The number of fused-ring (bicyclic) bond motifs is 1. The summed E-state index contributed by atoms with van der Waals surface area (Å²) in [5.41, 5.74) is 0.259. The van der Waals surface area contributed by atoms with Crippen molar-refractivity contribution >= 4 is 16.7 Å². The maximum absolute atomic E-state index is 11.9. The first kappa shape index (κ1) is 12.2. The van der Waals surface area contributed by atoms with Gasteiger partial charge < -0.3 is 14.5 Å². The number of para-hydroxylation sites is 1. The van der Waals surface area contributed by atoms with E-state index in [0.29, 0.717) is 34.8 Å². The molecule has 0 atom stereocenters. The van der Waals surface area contributed by atoms with E-state index in [2.05, 4.69) is 16.5 Å². The zero-order chi connectivity index (χ0) is 13.1. The number of nitrogens with one attached hydrogen (secondary N) is 1. The van der Waals surface area contributed by atoms with Gasteiger partial charge in [0, 0.05) is 0 Å². The van der Waals surface area contributed by atoms with Gasteiger partial charge in [0.2, 0.25) is 0 Å². The summed E-state index contributed by atoms with van der Waals surface area (Å²) in [4.78, 5) is 18.9. The third-order valence-corrected chi connectivity index (χ3v) is 2.50. The topological polar surface area (TPSA) is 64.2 Å². The molecule has 0 bridgehead atoms. The van der Waals surface area contributed by atoms with Gasteiger partial charge in [-0.3, -0.25) is 4.79 Å². The molecule has 0 saturated carbocycles. The first-order valence-corrected chi connectivity index (χ1v) is 5.56. The van der Waals surface area contributed by atoms with Crippen LogP contribution in [0.25, 0.3) is 16.7 Å². The lowest BCUT2D eigenvalue weighted by Crippen LogP contribution is -2.12. The molecule has 2 rings (SSSR count). The van der Waals surface area contributed by atoms with E-state index in [0.717, 1.165) is 0 Å². The summed E-state index contributed by atoms with van der Waals surface area (Å²) in [7, 11) is 1.54. The fourth-order valence-electron chi connectivity index (χ4n) is 1.67. The summed E-state index contributed by atoms with van der Waals surface area (Å²) < 4.78 is 10.4. The molecule has 0 aliphatic rings. The Hall–Kier alpha value is -2.30. The van der Waals surface area contributed by atoms with Crippen molar-refractivity contribution in [2.75, 3.05) is 13.7 Å². The van der Waals surface area contributed by atoms with Gasteiger partial charge in [-0.05, 0) is 19.1 Å². The predicted octanol–water partition coefficient (Wildman–Crippen LogP) is 1.94. The lowest BCUT2D eigenvalue weighted by Gasteiger charge is -2.08. The van der Waals surface area contributed by atoms with E-state index >= 15 is 0 Å². The smallest absolute Gasteiger partial charge is 0.259 e. The van der Waals surface area contributed by atoms with E-state index in [9.17, 15) is 4.79 Å². The van der Waals surface area contributed by atoms with Gasteiger partial charge >= 0.3 is 0 Å². The van der Waals surface area contributed by atoms with E-state index in [1.807, 2.05) is 6.92 Å². The van der Waals surface area contributed by atoms with Gasteiger partial charge in [0.1, 0.15) is 11.3 Å². The van der Waals surface area contributed by atoms with E-state index in [-0.39, 0.29) is 5.56 Å². The predicted molar refractivity (Wildman–Crippen MR) is 69.6 cm³/mol. The minimum Gasteiger partial charge on any atom is -0.494 e. The molecule has 0 radical (unpaired) electrons. The van der Waals surface area contributed by atoms with E-state index in [4.69, 9.17) is 9.47 Å². The van der Waals surface area contributed by atoms with Gasteiger partial charge in [0.25, 0.3) is 5.56 Å². The number of hydrogen-bond acceptors (Lipinski definition) is 4. The zero-order valence-corrected chi connectivity index (χ0v) is 10.3. The third kappa shape index (κ3) is 2.07. The normalized spacial score (nSPS) is 10.3. The van der Waals surface area contributed by atoms with Crippen molar-refractivity contribution in [1.29, 1.82) is 0 Å². The first-order chi connectivity index (χ1) is 8.67. The van der Waals surface area contributed by atoms with E-state index < -0.39 is 0 Å². The fourth-order valence-corrected chi connectivity index (χ4v) is 1.67. The number of aromatic amines is 1. The molecule has 0 aliphatic heterocycles. The maximum atomic E-state index is 11.9. The van der Waals surface area contributed by atoms with Crippen LogP contribution in [-0.2, 0) is 4.74 Å². The van der Waals surface area contributed by atoms with E-state index in [1.54, 1.807) is 18.2 Å². The van der Waals surface area contributed by atoms with Crippen molar-refractivity contribution < 1.29 is 9.47 Å². The van der Waals surface area contributed by atoms with Gasteiger partial charge in [-0.1, -0.05) is 12.6 Å². The van der Waals surface area contributed by atoms with E-state index in [1.165, 1.54) is 7.11 Å².